The molecule has 3 aromatic rings. The van der Waals surface area contributed by atoms with Gasteiger partial charge in [-0.25, -0.2) is 4.98 Å². The minimum Gasteiger partial charge on any atom is -0.377 e. The third kappa shape index (κ3) is 4.74. The minimum absolute atomic E-state index is 0.0739. The van der Waals surface area contributed by atoms with Crippen LogP contribution in [-0.2, 0) is 32.2 Å². The van der Waals surface area contributed by atoms with Gasteiger partial charge in [-0.3, -0.25) is 19.1 Å². The normalized spacial score (nSPS) is 24.9. The van der Waals surface area contributed by atoms with Crippen molar-refractivity contribution in [2.75, 3.05) is 25.1 Å². The number of pyridine rings is 1. The van der Waals surface area contributed by atoms with Crippen molar-refractivity contribution in [2.45, 2.75) is 51.9 Å². The van der Waals surface area contributed by atoms with Crippen molar-refractivity contribution in [2.24, 2.45) is 5.41 Å². The number of benzene rings is 1. The first kappa shape index (κ1) is 25.4. The summed E-state index contributed by atoms with van der Waals surface area (Å²) in [5.74, 6) is -0.218. The molecule has 202 valence electrons. The molecule has 3 aliphatic rings. The average Bonchev–Trinajstić information content (AvgIpc) is 3.32. The Kier molecular flexibility index (Phi) is 6.52. The predicted octanol–water partition coefficient (Wildman–Crippen LogP) is 3.04. The zero-order valence-electron chi connectivity index (χ0n) is 22.1. The fourth-order valence-electron chi connectivity index (χ4n) is 5.85. The maximum Gasteiger partial charge on any atom is 0.248 e. The van der Waals surface area contributed by atoms with E-state index in [1.165, 1.54) is 6.92 Å². The van der Waals surface area contributed by atoms with Gasteiger partial charge < -0.3 is 19.7 Å². The second-order valence-electron chi connectivity index (χ2n) is 10.6. The maximum atomic E-state index is 13.9. The van der Waals surface area contributed by atoms with Gasteiger partial charge in [-0.05, 0) is 31.9 Å². The van der Waals surface area contributed by atoms with Crippen LogP contribution in [0.25, 0.3) is 10.9 Å². The number of rotatable bonds is 3. The summed E-state index contributed by atoms with van der Waals surface area (Å²) >= 11 is 0. The van der Waals surface area contributed by atoms with Gasteiger partial charge in [0.15, 0.2) is 5.78 Å². The lowest BCUT2D eigenvalue weighted by Gasteiger charge is -2.27. The van der Waals surface area contributed by atoms with Crippen LogP contribution in [-0.4, -0.2) is 69.2 Å². The van der Waals surface area contributed by atoms with Crippen LogP contribution in [0, 0.1) is 12.3 Å². The van der Waals surface area contributed by atoms with E-state index >= 15 is 0 Å². The number of likely N-dealkylation sites (tertiary alicyclic amines) is 1. The van der Waals surface area contributed by atoms with E-state index in [0.717, 1.165) is 17.7 Å². The highest BCUT2D eigenvalue weighted by atomic mass is 16.5. The number of aryl methyl sites for hydroxylation is 1. The highest BCUT2D eigenvalue weighted by molar-refractivity contribution is 6.05. The van der Waals surface area contributed by atoms with Gasteiger partial charge in [0.05, 0.1) is 31.9 Å². The molecule has 2 fully saturated rings. The summed E-state index contributed by atoms with van der Waals surface area (Å²) in [6.07, 6.45) is 5.13. The first-order valence-electron chi connectivity index (χ1n) is 13.2. The van der Waals surface area contributed by atoms with Crippen LogP contribution >= 0.6 is 0 Å². The molecule has 1 N–H and O–H groups in total. The zero-order valence-corrected chi connectivity index (χ0v) is 22.1. The lowest BCUT2D eigenvalue weighted by atomic mass is 10.00. The van der Waals surface area contributed by atoms with Gasteiger partial charge in [0.2, 0.25) is 11.8 Å². The molecule has 10 nitrogen and oxygen atoms in total. The van der Waals surface area contributed by atoms with Gasteiger partial charge in [-0.1, -0.05) is 36.4 Å². The number of nitrogens with zero attached hydrogens (tertiary/aromatic N) is 4. The summed E-state index contributed by atoms with van der Waals surface area (Å²) in [5, 5.41) is 8.16. The fraction of sp³-hybridized carbons (Fsp3) is 0.414. The second kappa shape index (κ2) is 10.0. The quantitative estimate of drug-likeness (QED) is 0.410. The summed E-state index contributed by atoms with van der Waals surface area (Å²) in [5.41, 5.74) is 2.31. The van der Waals surface area contributed by atoms with Gasteiger partial charge in [-0.2, -0.15) is 5.10 Å². The second-order valence-corrected chi connectivity index (χ2v) is 10.6. The van der Waals surface area contributed by atoms with E-state index in [-0.39, 0.29) is 35.6 Å². The average molecular weight is 530 g/mol. The number of fused-ring (bicyclic) bond motifs is 3. The van der Waals surface area contributed by atoms with Crippen molar-refractivity contribution in [3.63, 3.8) is 0 Å². The number of piperidine rings is 1. The molecule has 4 heterocycles. The van der Waals surface area contributed by atoms with Crippen LogP contribution in [0.1, 0.15) is 41.5 Å². The van der Waals surface area contributed by atoms with Gasteiger partial charge in [0.25, 0.3) is 0 Å². The van der Waals surface area contributed by atoms with E-state index in [1.807, 2.05) is 55.5 Å². The molecular formula is C29H31N5O5. The van der Waals surface area contributed by atoms with Crippen molar-refractivity contribution in [1.82, 2.24) is 19.7 Å². The summed E-state index contributed by atoms with van der Waals surface area (Å²) < 4.78 is 13.3. The minimum atomic E-state index is -0.675. The number of nitrogens with one attached hydrogen (secondary N) is 1. The van der Waals surface area contributed by atoms with Gasteiger partial charge >= 0.3 is 0 Å². The number of hydrogen-bond donors (Lipinski definition) is 1. The Labute approximate surface area is 226 Å². The molecule has 10 heteroatoms. The first-order chi connectivity index (χ1) is 18.9. The molecule has 1 spiro atoms. The Morgan fingerprint density at radius 2 is 1.90 bits per heavy atom. The van der Waals surface area contributed by atoms with Crippen molar-refractivity contribution in [1.29, 1.82) is 0 Å². The van der Waals surface area contributed by atoms with Crippen LogP contribution in [0.15, 0.2) is 48.6 Å². The van der Waals surface area contributed by atoms with Gasteiger partial charge in [0.1, 0.15) is 24.1 Å². The third-order valence-electron chi connectivity index (χ3n) is 7.89. The Morgan fingerprint density at radius 1 is 1.10 bits per heavy atom. The molecule has 1 saturated heterocycles. The number of carbonyl (C=O) groups excluding carboxylic acids is 3. The Balaban J connectivity index is 1.31. The first-order valence-corrected chi connectivity index (χ1v) is 13.2. The molecule has 2 aliphatic heterocycles. The molecule has 1 saturated carbocycles. The molecule has 39 heavy (non-hydrogen) atoms. The van der Waals surface area contributed by atoms with Crippen molar-refractivity contribution in [3.05, 3.63) is 65.5 Å². The lowest BCUT2D eigenvalue weighted by Crippen LogP contribution is -2.47. The standard InChI is InChI=1S/C29H31N5O5/c1-18-9-10-20-16-38-11-5-6-12-39-17-29-13-23(28(37)31-27(20)30-18)34(24(29)14-29)25(36)15-33-22-8-4-3-7-21(22)26(32-33)19(2)35/h3-10,23-24H,11-17H2,1-2H3,(H,30,31,37)/t23-,24+,29-/m0/s1. The monoisotopic (exact) mass is 529 g/mol. The summed E-state index contributed by atoms with van der Waals surface area (Å²) in [6.45, 7) is 4.87. The van der Waals surface area contributed by atoms with Crippen LogP contribution < -0.4 is 5.32 Å². The molecule has 1 aromatic carbocycles. The van der Waals surface area contributed by atoms with Gasteiger partial charge in [0, 0.05) is 35.0 Å². The topological polar surface area (TPSA) is 116 Å². The number of hydrogen-bond acceptors (Lipinski definition) is 7. The molecular weight excluding hydrogens is 498 g/mol. The molecule has 2 aromatic heterocycles. The number of aromatic nitrogens is 3. The molecule has 2 bridgehead atoms. The number of ketones is 1. The Hall–Kier alpha value is -3.89. The smallest absolute Gasteiger partial charge is 0.248 e. The van der Waals surface area contributed by atoms with Crippen molar-refractivity contribution in [3.8, 4) is 0 Å². The fourth-order valence-corrected chi connectivity index (χ4v) is 5.85. The summed E-state index contributed by atoms with van der Waals surface area (Å²) in [4.78, 5) is 46.0. The number of Topliss-reactive ketones (excluding diaryl/α,β-unsaturated/α-hetero) is 1. The van der Waals surface area contributed by atoms with E-state index in [9.17, 15) is 14.4 Å². The number of amides is 2. The Morgan fingerprint density at radius 3 is 2.72 bits per heavy atom. The van der Waals surface area contributed by atoms with Gasteiger partial charge in [-0.15, -0.1) is 0 Å². The highest BCUT2D eigenvalue weighted by Gasteiger charge is 2.67. The Bertz CT molecular complexity index is 1500. The van der Waals surface area contributed by atoms with E-state index in [4.69, 9.17) is 9.47 Å². The largest absolute Gasteiger partial charge is 0.377 e. The van der Waals surface area contributed by atoms with E-state index in [1.54, 1.807) is 9.58 Å². The maximum absolute atomic E-state index is 13.9. The highest BCUT2D eigenvalue weighted by Crippen LogP contribution is 2.60. The number of anilines is 1. The molecule has 6 rings (SSSR count). The lowest BCUT2D eigenvalue weighted by molar-refractivity contribution is -0.138. The number of carbonyl (C=O) groups is 3. The molecule has 1 aliphatic carbocycles. The summed E-state index contributed by atoms with van der Waals surface area (Å²) in [7, 11) is 0. The molecule has 2 amide bonds. The molecule has 0 radical (unpaired) electrons. The zero-order chi connectivity index (χ0) is 27.1. The predicted molar refractivity (Wildman–Crippen MR) is 143 cm³/mol. The van der Waals surface area contributed by atoms with Crippen LogP contribution in [0.3, 0.4) is 0 Å². The molecule has 0 unspecified atom stereocenters. The SMILES string of the molecule is CC(=O)c1nn(CC(=O)N2[C@H]3C[C@@]4(COCC=CCOCc5ccc(C)nc5NC3=O)C[C@@H]24)c2ccccc12. The van der Waals surface area contributed by atoms with Crippen molar-refractivity contribution < 1.29 is 23.9 Å². The van der Waals surface area contributed by atoms with E-state index in [0.29, 0.717) is 55.3 Å². The number of ether oxygens (including phenoxy) is 2. The molecule has 3 atom stereocenters. The van der Waals surface area contributed by atoms with E-state index in [2.05, 4.69) is 15.4 Å². The third-order valence-corrected chi connectivity index (χ3v) is 7.89. The van der Waals surface area contributed by atoms with Crippen LogP contribution in [0.5, 0.6) is 0 Å². The van der Waals surface area contributed by atoms with Crippen LogP contribution in [0.2, 0.25) is 0 Å². The number of para-hydroxylation sites is 1. The summed E-state index contributed by atoms with van der Waals surface area (Å²) in [6, 6.07) is 10.4. The van der Waals surface area contributed by atoms with E-state index < -0.39 is 6.04 Å². The van der Waals surface area contributed by atoms with Crippen LogP contribution in [0.4, 0.5) is 5.82 Å². The van der Waals surface area contributed by atoms with Crippen molar-refractivity contribution >= 4 is 34.3 Å².